The molecule has 3 aliphatic heterocycles. The summed E-state index contributed by atoms with van der Waals surface area (Å²) in [5, 5.41) is 33.0. The highest BCUT2D eigenvalue weighted by molar-refractivity contribution is 5.90. The number of carbonyl (C=O) groups is 3. The number of hydrogen-bond acceptors (Lipinski definition) is 13. The second-order valence-corrected chi connectivity index (χ2v) is 14.4. The summed E-state index contributed by atoms with van der Waals surface area (Å²) < 4.78 is 35.9. The lowest BCUT2D eigenvalue weighted by Crippen LogP contribution is -2.56. The van der Waals surface area contributed by atoms with Crippen LogP contribution in [0.15, 0.2) is 23.8 Å². The maximum absolute atomic E-state index is 13.4. The highest BCUT2D eigenvalue weighted by Crippen LogP contribution is 2.33. The Morgan fingerprint density at radius 2 is 1.76 bits per heavy atom. The second kappa shape index (κ2) is 20.2. The number of likely N-dealkylation sites (N-methyl/N-ethyl adjacent to an activating group) is 1. The molecule has 3 aliphatic rings. The number of ketones is 1. The second-order valence-electron chi connectivity index (χ2n) is 14.4. The molecule has 0 spiro atoms. The molecule has 0 saturated carbocycles. The van der Waals surface area contributed by atoms with E-state index in [-0.39, 0.29) is 50.2 Å². The number of carbonyl (C=O) groups excluding carboxylic acids is 3. The zero-order valence-electron chi connectivity index (χ0n) is 31.0. The van der Waals surface area contributed by atoms with Crippen molar-refractivity contribution in [1.29, 1.82) is 0 Å². The minimum absolute atomic E-state index is 0.0464. The molecule has 3 heterocycles. The van der Waals surface area contributed by atoms with E-state index in [1.165, 1.54) is 13.2 Å². The summed E-state index contributed by atoms with van der Waals surface area (Å²) in [5.74, 6) is -2.40. The summed E-state index contributed by atoms with van der Waals surface area (Å²) in [5.41, 5.74) is 0.754. The van der Waals surface area contributed by atoms with Gasteiger partial charge in [-0.1, -0.05) is 31.6 Å². The smallest absolute Gasteiger partial charge is 0.308 e. The van der Waals surface area contributed by atoms with Crippen LogP contribution in [0.5, 0.6) is 0 Å². The summed E-state index contributed by atoms with van der Waals surface area (Å²) in [7, 11) is 5.26. The summed E-state index contributed by atoms with van der Waals surface area (Å²) in [6.07, 6.45) is -0.114. The van der Waals surface area contributed by atoms with Gasteiger partial charge in [0.2, 0.25) is 0 Å². The van der Waals surface area contributed by atoms with Gasteiger partial charge in [0, 0.05) is 44.2 Å². The van der Waals surface area contributed by atoms with Crippen molar-refractivity contribution in [2.24, 2.45) is 17.8 Å². The molecule has 0 radical (unpaired) electrons. The largest absolute Gasteiger partial charge is 0.462 e. The Kier molecular flexibility index (Phi) is 17.1. The Hall–Kier alpha value is -2.07. The first-order valence-corrected chi connectivity index (χ1v) is 18.0. The van der Waals surface area contributed by atoms with Gasteiger partial charge in [0.25, 0.3) is 0 Å². The maximum atomic E-state index is 13.4. The van der Waals surface area contributed by atoms with Gasteiger partial charge in [0.1, 0.15) is 24.6 Å². The van der Waals surface area contributed by atoms with E-state index in [1.807, 2.05) is 45.8 Å². The molecular formula is C37H61NO12. The van der Waals surface area contributed by atoms with Crippen LogP contribution in [-0.4, -0.2) is 134 Å². The van der Waals surface area contributed by atoms with Crippen LogP contribution < -0.4 is 0 Å². The third-order valence-corrected chi connectivity index (χ3v) is 10.3. The molecule has 0 bridgehead atoms. The van der Waals surface area contributed by atoms with Gasteiger partial charge in [-0.05, 0) is 66.1 Å². The van der Waals surface area contributed by atoms with E-state index in [2.05, 4.69) is 0 Å². The Morgan fingerprint density at radius 3 is 2.40 bits per heavy atom. The molecule has 0 aromatic heterocycles. The quantitative estimate of drug-likeness (QED) is 0.224. The first-order valence-electron chi connectivity index (χ1n) is 18.0. The van der Waals surface area contributed by atoms with Crippen molar-refractivity contribution in [2.75, 3.05) is 27.8 Å². The number of aliphatic hydroxyl groups excluding tert-OH is 3. The van der Waals surface area contributed by atoms with Crippen LogP contribution in [0.1, 0.15) is 79.6 Å². The molecule has 0 aromatic carbocycles. The van der Waals surface area contributed by atoms with Crippen molar-refractivity contribution in [3.8, 4) is 0 Å². The highest BCUT2D eigenvalue weighted by Gasteiger charge is 2.43. The third-order valence-electron chi connectivity index (χ3n) is 10.3. The summed E-state index contributed by atoms with van der Waals surface area (Å²) in [6, 6.07) is -0.248. The number of nitrogens with zero attached hydrogens (tertiary/aromatic N) is 1. The van der Waals surface area contributed by atoms with Gasteiger partial charge in [-0.15, -0.1) is 0 Å². The van der Waals surface area contributed by atoms with Crippen LogP contribution in [0, 0.1) is 17.8 Å². The van der Waals surface area contributed by atoms with E-state index >= 15 is 0 Å². The van der Waals surface area contributed by atoms with Crippen molar-refractivity contribution < 1.29 is 58.1 Å². The third kappa shape index (κ3) is 12.0. The average Bonchev–Trinajstić information content (AvgIpc) is 3.07. The van der Waals surface area contributed by atoms with Crippen molar-refractivity contribution in [2.45, 2.75) is 147 Å². The van der Waals surface area contributed by atoms with Gasteiger partial charge >= 0.3 is 5.97 Å². The van der Waals surface area contributed by atoms with Crippen molar-refractivity contribution >= 4 is 18.0 Å². The highest BCUT2D eigenvalue weighted by atomic mass is 16.7. The van der Waals surface area contributed by atoms with E-state index in [1.54, 1.807) is 19.9 Å². The van der Waals surface area contributed by atoms with Crippen LogP contribution in [0.3, 0.4) is 0 Å². The molecule has 2 fully saturated rings. The monoisotopic (exact) mass is 711 g/mol. The van der Waals surface area contributed by atoms with Gasteiger partial charge < -0.3 is 53.4 Å². The molecule has 50 heavy (non-hydrogen) atoms. The zero-order valence-corrected chi connectivity index (χ0v) is 31.0. The Morgan fingerprint density at radius 1 is 1.04 bits per heavy atom. The summed E-state index contributed by atoms with van der Waals surface area (Å²) >= 11 is 0. The first kappa shape index (κ1) is 42.3. The van der Waals surface area contributed by atoms with Gasteiger partial charge in [0.05, 0.1) is 43.5 Å². The number of cyclic esters (lactones) is 1. The minimum Gasteiger partial charge on any atom is -0.462 e. The minimum atomic E-state index is -1.23. The fraction of sp³-hybridized carbons (Fsp3) is 0.811. The molecule has 286 valence electrons. The van der Waals surface area contributed by atoms with Crippen molar-refractivity contribution in [3.05, 3.63) is 23.8 Å². The number of aldehydes is 1. The lowest BCUT2D eigenvalue weighted by molar-refractivity contribution is -0.282. The molecule has 5 unspecified atom stereocenters. The Bertz CT molecular complexity index is 1150. The van der Waals surface area contributed by atoms with Gasteiger partial charge in [-0.3, -0.25) is 9.59 Å². The van der Waals surface area contributed by atoms with Gasteiger partial charge in [0.15, 0.2) is 18.4 Å². The molecule has 0 amide bonds. The predicted molar refractivity (Wildman–Crippen MR) is 184 cm³/mol. The molecule has 13 heteroatoms. The summed E-state index contributed by atoms with van der Waals surface area (Å²) in [6.45, 7) is 9.20. The molecule has 3 N–H and O–H groups in total. The van der Waals surface area contributed by atoms with Crippen LogP contribution in [0.4, 0.5) is 0 Å². The van der Waals surface area contributed by atoms with Crippen LogP contribution in [-0.2, 0) is 42.8 Å². The van der Waals surface area contributed by atoms with Gasteiger partial charge in [-0.2, -0.15) is 0 Å². The average molecular weight is 712 g/mol. The molecule has 3 rings (SSSR count). The number of hydrogen-bond donors (Lipinski definition) is 3. The number of allylic oxidation sites excluding steroid dienone is 3. The number of aliphatic hydroxyl groups is 3. The number of ether oxygens (including phenoxy) is 6. The predicted octanol–water partition coefficient (Wildman–Crippen LogP) is 2.72. The lowest BCUT2D eigenvalue weighted by Gasteiger charge is -2.44. The van der Waals surface area contributed by atoms with E-state index in [0.717, 1.165) is 11.9 Å². The first-order chi connectivity index (χ1) is 23.7. The van der Waals surface area contributed by atoms with E-state index in [9.17, 15) is 29.7 Å². The Labute approximate surface area is 297 Å². The molecule has 13 nitrogen and oxygen atoms in total. The number of esters is 1. The molecule has 0 aliphatic carbocycles. The topological polar surface area (TPSA) is 171 Å². The zero-order chi connectivity index (χ0) is 37.1. The number of methoxy groups -OCH3 is 1. The molecule has 2 saturated heterocycles. The van der Waals surface area contributed by atoms with Crippen molar-refractivity contribution in [3.63, 3.8) is 0 Å². The lowest BCUT2D eigenvalue weighted by atomic mass is 9.82. The standard InChI is InChI=1S/C37H61NO12/c1-9-30-26(20-46-33-19-31(45-8)34(43)24(5)48-33)16-21(2)10-12-27(40)13-11-25(14-15-39)36(23(4)29(41)18-32(42)49-30)50-37-35(44)28(38(6)7)17-22(3)47-37/h10,12,15-16,22-26,28-31,33-37,41,43-44H,9,11,13-14,17-20H2,1-8H3/b12-10+,21-16+/t22-,23+,24?,25-,26?,28?,29-,30-,31+,33?,34-,35-,36-,37?/m1/s1. The van der Waals surface area contributed by atoms with Crippen LogP contribution in [0.25, 0.3) is 0 Å². The van der Waals surface area contributed by atoms with Crippen LogP contribution in [0.2, 0.25) is 0 Å². The van der Waals surface area contributed by atoms with E-state index < -0.39 is 79.0 Å². The molecule has 0 aromatic rings. The fourth-order valence-corrected chi connectivity index (χ4v) is 7.14. The maximum Gasteiger partial charge on any atom is 0.308 e. The van der Waals surface area contributed by atoms with E-state index in [4.69, 9.17) is 28.4 Å². The molecule has 14 atom stereocenters. The van der Waals surface area contributed by atoms with Gasteiger partial charge in [-0.25, -0.2) is 0 Å². The molecular weight excluding hydrogens is 650 g/mol. The number of rotatable bonds is 10. The van der Waals surface area contributed by atoms with E-state index in [0.29, 0.717) is 19.3 Å². The summed E-state index contributed by atoms with van der Waals surface area (Å²) in [4.78, 5) is 40.3. The van der Waals surface area contributed by atoms with Crippen molar-refractivity contribution in [1.82, 2.24) is 4.90 Å². The fourth-order valence-electron chi connectivity index (χ4n) is 7.14. The normalized spacial score (nSPS) is 41.6. The van der Waals surface area contributed by atoms with Crippen LogP contribution >= 0.6 is 0 Å². The Balaban J connectivity index is 1.88. The SMILES string of the molecule is CC[C@H]1OC(=O)C[C@@H](O)[C@H](C)[C@@H](OC2O[C@H](C)CC(N(C)C)[C@H]2O)[C@@H](CC=O)CCC(=O)/C=C/C(C)=C/C1COC1C[C@H](OC)[C@H](O)C(C)O1.